The monoisotopic (exact) mass is 457 g/mol. The van der Waals surface area contributed by atoms with Crippen LogP contribution in [0, 0.1) is 0 Å². The second kappa shape index (κ2) is 10.2. The van der Waals surface area contributed by atoms with Crippen molar-refractivity contribution in [3.8, 4) is 5.75 Å². The smallest absolute Gasteiger partial charge is 0.255 e. The number of nitrogens with one attached hydrogen (secondary N) is 2. The summed E-state index contributed by atoms with van der Waals surface area (Å²) in [5, 5.41) is 6.46. The molecule has 0 saturated carbocycles. The number of nitrogens with zero attached hydrogens (tertiary/aromatic N) is 1. The molecule has 0 spiro atoms. The highest BCUT2D eigenvalue weighted by Crippen LogP contribution is 2.30. The van der Waals surface area contributed by atoms with Gasteiger partial charge in [0.05, 0.1) is 23.6 Å². The largest absolute Gasteiger partial charge is 0.495 e. The average Bonchev–Trinajstić information content (AvgIpc) is 2.85. The maximum atomic E-state index is 12.7. The van der Waals surface area contributed by atoms with Gasteiger partial charge in [0.1, 0.15) is 5.75 Å². The van der Waals surface area contributed by atoms with Crippen LogP contribution >= 0.6 is 11.8 Å². The van der Waals surface area contributed by atoms with E-state index in [1.165, 1.54) is 11.8 Å². The lowest BCUT2D eigenvalue weighted by Gasteiger charge is -2.14. The molecule has 166 valence electrons. The molecule has 33 heavy (non-hydrogen) atoms. The van der Waals surface area contributed by atoms with Crippen molar-refractivity contribution in [2.24, 2.45) is 0 Å². The Hall–Kier alpha value is -3.84. The minimum absolute atomic E-state index is 0.118. The molecule has 2 N–H and O–H groups in total. The molecular formula is C26H23N3O3S. The van der Waals surface area contributed by atoms with Crippen molar-refractivity contribution in [1.29, 1.82) is 0 Å². The van der Waals surface area contributed by atoms with Crippen LogP contribution in [0.1, 0.15) is 17.3 Å². The fraction of sp³-hybridized carbons (Fsp3) is 0.115. The van der Waals surface area contributed by atoms with Crippen LogP contribution < -0.4 is 15.4 Å². The molecule has 4 aromatic rings. The number of amides is 2. The molecule has 1 aromatic heterocycles. The zero-order valence-corrected chi connectivity index (χ0v) is 19.1. The normalized spacial score (nSPS) is 11.6. The van der Waals surface area contributed by atoms with Crippen LogP contribution in [0.5, 0.6) is 5.75 Å². The molecular weight excluding hydrogens is 434 g/mol. The molecule has 0 saturated heterocycles. The number of para-hydroxylation sites is 3. The zero-order valence-electron chi connectivity index (χ0n) is 18.2. The molecule has 0 aliphatic heterocycles. The highest BCUT2D eigenvalue weighted by Gasteiger charge is 2.17. The van der Waals surface area contributed by atoms with Crippen molar-refractivity contribution in [2.45, 2.75) is 17.1 Å². The Bertz CT molecular complexity index is 1290. The Kier molecular flexibility index (Phi) is 6.90. The summed E-state index contributed by atoms with van der Waals surface area (Å²) in [6.07, 6.45) is 1.75. The molecule has 2 amide bonds. The molecule has 1 unspecified atom stereocenters. The first kappa shape index (κ1) is 22.4. The van der Waals surface area contributed by atoms with Crippen molar-refractivity contribution in [3.63, 3.8) is 0 Å². The van der Waals surface area contributed by atoms with E-state index in [2.05, 4.69) is 15.6 Å². The number of aromatic nitrogens is 1. The summed E-state index contributed by atoms with van der Waals surface area (Å²) in [6, 6.07) is 23.8. The van der Waals surface area contributed by atoms with Crippen LogP contribution in [-0.4, -0.2) is 29.2 Å². The van der Waals surface area contributed by atoms with Gasteiger partial charge in [-0.15, -0.1) is 11.8 Å². The SMILES string of the molecule is COc1ccccc1NC(=O)c1ccc(NC(=O)C(C)Sc2ccnc3ccccc23)cc1. The van der Waals surface area contributed by atoms with Crippen molar-refractivity contribution in [3.05, 3.63) is 90.6 Å². The Morgan fingerprint density at radius 3 is 2.42 bits per heavy atom. The summed E-state index contributed by atoms with van der Waals surface area (Å²) in [4.78, 5) is 30.7. The predicted octanol–water partition coefficient (Wildman–Crippen LogP) is 5.62. The Balaban J connectivity index is 1.39. The third kappa shape index (κ3) is 5.32. The lowest BCUT2D eigenvalue weighted by molar-refractivity contribution is -0.115. The highest BCUT2D eigenvalue weighted by atomic mass is 32.2. The van der Waals surface area contributed by atoms with Gasteiger partial charge in [0.15, 0.2) is 0 Å². The molecule has 0 aliphatic carbocycles. The quantitative estimate of drug-likeness (QED) is 0.352. The van der Waals surface area contributed by atoms with Crippen LogP contribution in [0.15, 0.2) is 90.0 Å². The number of carbonyl (C=O) groups excluding carboxylic acids is 2. The van der Waals surface area contributed by atoms with Gasteiger partial charge in [-0.2, -0.15) is 0 Å². The third-order valence-corrected chi connectivity index (χ3v) is 6.23. The maximum Gasteiger partial charge on any atom is 0.255 e. The first-order chi connectivity index (χ1) is 16.0. The molecule has 0 bridgehead atoms. The maximum absolute atomic E-state index is 12.7. The lowest BCUT2D eigenvalue weighted by atomic mass is 10.2. The summed E-state index contributed by atoms with van der Waals surface area (Å²) in [7, 11) is 1.55. The third-order valence-electron chi connectivity index (χ3n) is 5.05. The Labute approximate surface area is 196 Å². The number of pyridine rings is 1. The number of ether oxygens (including phenoxy) is 1. The minimum atomic E-state index is -0.315. The number of methoxy groups -OCH3 is 1. The molecule has 6 nitrogen and oxygen atoms in total. The van der Waals surface area contributed by atoms with E-state index in [1.807, 2.05) is 49.4 Å². The van der Waals surface area contributed by atoms with Crippen LogP contribution in [0.4, 0.5) is 11.4 Å². The Morgan fingerprint density at radius 1 is 0.909 bits per heavy atom. The van der Waals surface area contributed by atoms with E-state index >= 15 is 0 Å². The molecule has 0 radical (unpaired) electrons. The van der Waals surface area contributed by atoms with Crippen LogP contribution in [-0.2, 0) is 4.79 Å². The summed E-state index contributed by atoms with van der Waals surface area (Å²) >= 11 is 1.49. The number of thioether (sulfide) groups is 1. The molecule has 7 heteroatoms. The number of carbonyl (C=O) groups is 2. The first-order valence-electron chi connectivity index (χ1n) is 10.4. The first-order valence-corrected chi connectivity index (χ1v) is 11.3. The standard InChI is InChI=1S/C26H23N3O3S/c1-17(33-24-15-16-27-21-8-4-3-7-20(21)24)25(30)28-19-13-11-18(12-14-19)26(31)29-22-9-5-6-10-23(22)32-2/h3-17H,1-2H3,(H,28,30)(H,29,31). The van der Waals surface area contributed by atoms with Gasteiger partial charge in [0, 0.05) is 27.7 Å². The van der Waals surface area contributed by atoms with Gasteiger partial charge in [0.2, 0.25) is 5.91 Å². The number of anilines is 2. The van der Waals surface area contributed by atoms with Crippen molar-refractivity contribution in [1.82, 2.24) is 4.98 Å². The van der Waals surface area contributed by atoms with Gasteiger partial charge in [-0.05, 0) is 55.5 Å². The number of hydrogen-bond donors (Lipinski definition) is 2. The topological polar surface area (TPSA) is 80.3 Å². The lowest BCUT2D eigenvalue weighted by Crippen LogP contribution is -2.22. The van der Waals surface area contributed by atoms with E-state index in [0.717, 1.165) is 15.8 Å². The average molecular weight is 458 g/mol. The van der Waals surface area contributed by atoms with Gasteiger partial charge in [-0.25, -0.2) is 0 Å². The summed E-state index contributed by atoms with van der Waals surface area (Å²) < 4.78 is 5.27. The molecule has 0 fully saturated rings. The van der Waals surface area contributed by atoms with Crippen molar-refractivity contribution < 1.29 is 14.3 Å². The zero-order chi connectivity index (χ0) is 23.2. The van der Waals surface area contributed by atoms with E-state index in [0.29, 0.717) is 22.7 Å². The van der Waals surface area contributed by atoms with Gasteiger partial charge < -0.3 is 15.4 Å². The van der Waals surface area contributed by atoms with E-state index in [4.69, 9.17) is 4.74 Å². The number of fused-ring (bicyclic) bond motifs is 1. The predicted molar refractivity (Wildman–Crippen MR) is 133 cm³/mol. The van der Waals surface area contributed by atoms with Crippen LogP contribution in [0.2, 0.25) is 0 Å². The van der Waals surface area contributed by atoms with Crippen LogP contribution in [0.25, 0.3) is 10.9 Å². The molecule has 3 aromatic carbocycles. The van der Waals surface area contributed by atoms with Crippen molar-refractivity contribution in [2.75, 3.05) is 17.7 Å². The van der Waals surface area contributed by atoms with Gasteiger partial charge in [0.25, 0.3) is 5.91 Å². The summed E-state index contributed by atoms with van der Waals surface area (Å²) in [6.45, 7) is 1.87. The molecule has 1 atom stereocenters. The second-order valence-corrected chi connectivity index (χ2v) is 8.69. The van der Waals surface area contributed by atoms with E-state index in [1.54, 1.807) is 49.7 Å². The number of rotatable bonds is 7. The Morgan fingerprint density at radius 2 is 1.64 bits per heavy atom. The number of benzene rings is 3. The van der Waals surface area contributed by atoms with E-state index in [9.17, 15) is 9.59 Å². The van der Waals surface area contributed by atoms with Crippen molar-refractivity contribution >= 4 is 45.9 Å². The van der Waals surface area contributed by atoms with Gasteiger partial charge in [-0.1, -0.05) is 30.3 Å². The number of hydrogen-bond acceptors (Lipinski definition) is 5. The van der Waals surface area contributed by atoms with Gasteiger partial charge >= 0.3 is 0 Å². The fourth-order valence-corrected chi connectivity index (χ4v) is 4.29. The summed E-state index contributed by atoms with van der Waals surface area (Å²) in [5.41, 5.74) is 2.60. The highest BCUT2D eigenvalue weighted by molar-refractivity contribution is 8.00. The van der Waals surface area contributed by atoms with Crippen LogP contribution in [0.3, 0.4) is 0 Å². The van der Waals surface area contributed by atoms with E-state index in [-0.39, 0.29) is 17.1 Å². The second-order valence-electron chi connectivity index (χ2n) is 7.31. The molecule has 4 rings (SSSR count). The minimum Gasteiger partial charge on any atom is -0.495 e. The molecule has 1 heterocycles. The van der Waals surface area contributed by atoms with Gasteiger partial charge in [-0.3, -0.25) is 14.6 Å². The molecule has 0 aliphatic rings. The van der Waals surface area contributed by atoms with E-state index < -0.39 is 0 Å². The fourth-order valence-electron chi connectivity index (χ4n) is 3.31. The summed E-state index contributed by atoms with van der Waals surface area (Å²) in [5.74, 6) is 0.209.